The Balaban J connectivity index is 2.61. The van der Waals surface area contributed by atoms with E-state index in [0.717, 1.165) is 15.4 Å². The van der Waals surface area contributed by atoms with Crippen LogP contribution < -0.4 is 4.31 Å². The van der Waals surface area contributed by atoms with Gasteiger partial charge in [-0.25, -0.2) is 13.2 Å². The molecule has 23 heavy (non-hydrogen) atoms. The molecular weight excluding hydrogens is 314 g/mol. The van der Waals surface area contributed by atoms with E-state index in [1.165, 1.54) is 19.1 Å². The minimum absolute atomic E-state index is 0.0673. The third kappa shape index (κ3) is 3.53. The number of aliphatic carboxylic acids is 1. The Kier molecular flexibility index (Phi) is 4.75. The number of rotatable bonds is 5. The first kappa shape index (κ1) is 17.0. The molecule has 122 valence electrons. The molecule has 0 heterocycles. The Hall–Kier alpha value is -2.34. The van der Waals surface area contributed by atoms with Crippen LogP contribution in [0.1, 0.15) is 18.1 Å². The van der Waals surface area contributed by atoms with Gasteiger partial charge >= 0.3 is 5.97 Å². The highest BCUT2D eigenvalue weighted by molar-refractivity contribution is 7.92. The molecule has 2 rings (SSSR count). The maximum atomic E-state index is 13.0. The van der Waals surface area contributed by atoms with Crippen molar-refractivity contribution in [3.05, 3.63) is 59.7 Å². The van der Waals surface area contributed by atoms with Crippen molar-refractivity contribution in [3.8, 4) is 0 Å². The summed E-state index contributed by atoms with van der Waals surface area (Å²) in [4.78, 5) is 11.5. The van der Waals surface area contributed by atoms with E-state index < -0.39 is 22.0 Å². The van der Waals surface area contributed by atoms with Gasteiger partial charge < -0.3 is 5.11 Å². The highest BCUT2D eigenvalue weighted by Gasteiger charge is 2.33. The lowest BCUT2D eigenvalue weighted by molar-refractivity contribution is -0.137. The summed E-state index contributed by atoms with van der Waals surface area (Å²) in [6.07, 6.45) is 0. The van der Waals surface area contributed by atoms with Gasteiger partial charge in [0.1, 0.15) is 6.04 Å². The van der Waals surface area contributed by atoms with Gasteiger partial charge in [-0.3, -0.25) is 4.31 Å². The highest BCUT2D eigenvalue weighted by Crippen LogP contribution is 2.27. The lowest BCUT2D eigenvalue weighted by Crippen LogP contribution is -2.43. The maximum Gasteiger partial charge on any atom is 0.327 e. The summed E-state index contributed by atoms with van der Waals surface area (Å²) in [6.45, 7) is 5.04. The zero-order valence-corrected chi connectivity index (χ0v) is 14.0. The van der Waals surface area contributed by atoms with Crippen molar-refractivity contribution in [2.45, 2.75) is 31.7 Å². The van der Waals surface area contributed by atoms with Crippen LogP contribution in [0.25, 0.3) is 0 Å². The number of carboxylic acid groups (broad SMARTS) is 1. The molecule has 2 aromatic carbocycles. The summed E-state index contributed by atoms with van der Waals surface area (Å²) in [5.41, 5.74) is 2.11. The van der Waals surface area contributed by atoms with Crippen molar-refractivity contribution in [2.24, 2.45) is 0 Å². The van der Waals surface area contributed by atoms with Gasteiger partial charge in [0.2, 0.25) is 0 Å². The molecule has 6 heteroatoms. The Morgan fingerprint density at radius 2 is 1.65 bits per heavy atom. The molecule has 1 N–H and O–H groups in total. The first-order valence-electron chi connectivity index (χ1n) is 7.14. The van der Waals surface area contributed by atoms with Gasteiger partial charge in [-0.1, -0.05) is 29.8 Å². The summed E-state index contributed by atoms with van der Waals surface area (Å²) in [7, 11) is -3.98. The van der Waals surface area contributed by atoms with E-state index in [1.54, 1.807) is 30.3 Å². The lowest BCUT2D eigenvalue weighted by atomic mass is 10.2. The Bertz CT molecular complexity index is 813. The van der Waals surface area contributed by atoms with E-state index in [-0.39, 0.29) is 4.90 Å². The van der Waals surface area contributed by atoms with Gasteiger partial charge in [0.15, 0.2) is 0 Å². The maximum absolute atomic E-state index is 13.0. The SMILES string of the molecule is Cc1ccc(S(=O)(=O)N(c2cccc(C)c2)C(C)C(=O)O)cc1. The number of hydrogen-bond acceptors (Lipinski definition) is 3. The number of benzene rings is 2. The van der Waals surface area contributed by atoms with Crippen LogP contribution in [0.4, 0.5) is 5.69 Å². The van der Waals surface area contributed by atoms with Crippen LogP contribution in [0.15, 0.2) is 53.4 Å². The van der Waals surface area contributed by atoms with E-state index in [4.69, 9.17) is 0 Å². The van der Waals surface area contributed by atoms with Crippen LogP contribution in [-0.4, -0.2) is 25.5 Å². The van der Waals surface area contributed by atoms with Crippen molar-refractivity contribution in [2.75, 3.05) is 4.31 Å². The molecule has 0 aliphatic rings. The average Bonchev–Trinajstić information content (AvgIpc) is 2.47. The second kappa shape index (κ2) is 6.42. The van der Waals surface area contributed by atoms with Crippen LogP contribution in [-0.2, 0) is 14.8 Å². The second-order valence-corrected chi connectivity index (χ2v) is 7.28. The molecule has 1 unspecified atom stereocenters. The molecule has 0 amide bonds. The fraction of sp³-hybridized carbons (Fsp3) is 0.235. The first-order valence-corrected chi connectivity index (χ1v) is 8.58. The number of sulfonamides is 1. The number of nitrogens with zero attached hydrogens (tertiary/aromatic N) is 1. The third-order valence-corrected chi connectivity index (χ3v) is 5.46. The summed E-state index contributed by atoms with van der Waals surface area (Å²) in [5.74, 6) is -1.21. The molecule has 0 aromatic heterocycles. The molecule has 0 bridgehead atoms. The summed E-state index contributed by atoms with van der Waals surface area (Å²) < 4.78 is 26.9. The molecule has 0 radical (unpaired) electrons. The van der Waals surface area contributed by atoms with Crippen molar-refractivity contribution in [3.63, 3.8) is 0 Å². The van der Waals surface area contributed by atoms with Crippen LogP contribution in [0, 0.1) is 13.8 Å². The predicted octanol–water partition coefficient (Wildman–Crippen LogP) is 2.97. The minimum Gasteiger partial charge on any atom is -0.480 e. The van der Waals surface area contributed by atoms with Crippen LogP contribution >= 0.6 is 0 Å². The zero-order valence-electron chi connectivity index (χ0n) is 13.2. The number of carboxylic acids is 1. The molecule has 0 aliphatic carbocycles. The van der Waals surface area contributed by atoms with Gasteiger partial charge in [-0.15, -0.1) is 0 Å². The van der Waals surface area contributed by atoms with E-state index in [2.05, 4.69) is 0 Å². The summed E-state index contributed by atoms with van der Waals surface area (Å²) >= 11 is 0. The van der Waals surface area contributed by atoms with Crippen molar-refractivity contribution in [1.82, 2.24) is 0 Å². The zero-order chi connectivity index (χ0) is 17.2. The molecule has 0 saturated heterocycles. The number of carbonyl (C=O) groups is 1. The van der Waals surface area contributed by atoms with Crippen molar-refractivity contribution < 1.29 is 18.3 Å². The lowest BCUT2D eigenvalue weighted by Gasteiger charge is -2.28. The molecule has 0 saturated carbocycles. The molecule has 0 spiro atoms. The average molecular weight is 333 g/mol. The smallest absolute Gasteiger partial charge is 0.327 e. The van der Waals surface area contributed by atoms with Gasteiger partial charge in [-0.2, -0.15) is 0 Å². The number of aryl methyl sites for hydroxylation is 2. The van der Waals surface area contributed by atoms with E-state index in [1.807, 2.05) is 19.9 Å². The standard InChI is InChI=1S/C17H19NO4S/c1-12-7-9-16(10-8-12)23(21,22)18(14(3)17(19)20)15-6-4-5-13(2)11-15/h4-11,14H,1-3H3,(H,19,20). The largest absolute Gasteiger partial charge is 0.480 e. The Morgan fingerprint density at radius 3 is 2.17 bits per heavy atom. The minimum atomic E-state index is -3.98. The van der Waals surface area contributed by atoms with Gasteiger partial charge in [0.05, 0.1) is 10.6 Å². The molecule has 0 aliphatic heterocycles. The van der Waals surface area contributed by atoms with Crippen LogP contribution in [0.5, 0.6) is 0 Å². The first-order chi connectivity index (χ1) is 10.7. The fourth-order valence-electron chi connectivity index (χ4n) is 2.26. The van der Waals surface area contributed by atoms with Gasteiger partial charge in [0.25, 0.3) is 10.0 Å². The number of hydrogen-bond donors (Lipinski definition) is 1. The Morgan fingerprint density at radius 1 is 1.04 bits per heavy atom. The monoisotopic (exact) mass is 333 g/mol. The third-order valence-electron chi connectivity index (χ3n) is 3.54. The van der Waals surface area contributed by atoms with Crippen molar-refractivity contribution >= 4 is 21.7 Å². The van der Waals surface area contributed by atoms with E-state index in [0.29, 0.717) is 5.69 Å². The quantitative estimate of drug-likeness (QED) is 0.913. The van der Waals surface area contributed by atoms with E-state index >= 15 is 0 Å². The fourth-order valence-corrected chi connectivity index (χ4v) is 3.86. The summed E-state index contributed by atoms with van der Waals surface area (Å²) in [6, 6.07) is 11.9. The van der Waals surface area contributed by atoms with Crippen LogP contribution in [0.2, 0.25) is 0 Å². The second-order valence-electron chi connectivity index (χ2n) is 5.47. The molecular formula is C17H19NO4S. The van der Waals surface area contributed by atoms with Crippen LogP contribution in [0.3, 0.4) is 0 Å². The van der Waals surface area contributed by atoms with Gasteiger partial charge in [0, 0.05) is 0 Å². The van der Waals surface area contributed by atoms with E-state index in [9.17, 15) is 18.3 Å². The molecule has 5 nitrogen and oxygen atoms in total. The molecule has 2 aromatic rings. The van der Waals surface area contributed by atoms with Gasteiger partial charge in [-0.05, 0) is 50.6 Å². The summed E-state index contributed by atoms with van der Waals surface area (Å²) in [5, 5.41) is 9.33. The normalized spacial score (nSPS) is 12.7. The highest BCUT2D eigenvalue weighted by atomic mass is 32.2. The Labute approximate surface area is 136 Å². The van der Waals surface area contributed by atoms with Crippen molar-refractivity contribution in [1.29, 1.82) is 0 Å². The predicted molar refractivity (Wildman–Crippen MR) is 89.1 cm³/mol. The number of anilines is 1. The molecule has 1 atom stereocenters. The topological polar surface area (TPSA) is 74.7 Å². The molecule has 0 fully saturated rings.